The predicted octanol–water partition coefficient (Wildman–Crippen LogP) is 3.00. The molecule has 1 aromatic heterocycles. The molecule has 2 heterocycles. The van der Waals surface area contributed by atoms with E-state index in [-0.39, 0.29) is 0 Å². The lowest BCUT2D eigenvalue weighted by Crippen LogP contribution is -2.51. The van der Waals surface area contributed by atoms with E-state index in [1.165, 1.54) is 0 Å². The molecule has 0 spiro atoms. The number of rotatable bonds is 5. The van der Waals surface area contributed by atoms with Gasteiger partial charge in [0.1, 0.15) is 16.1 Å². The second kappa shape index (κ2) is 7.90. The van der Waals surface area contributed by atoms with Gasteiger partial charge in [0.25, 0.3) is 0 Å². The van der Waals surface area contributed by atoms with Crippen LogP contribution in [0.2, 0.25) is 0 Å². The van der Waals surface area contributed by atoms with Gasteiger partial charge >= 0.3 is 5.97 Å². The lowest BCUT2D eigenvalue weighted by Gasteiger charge is -2.39. The first kappa shape index (κ1) is 19.1. The Morgan fingerprint density at radius 1 is 1.12 bits per heavy atom. The van der Waals surface area contributed by atoms with Gasteiger partial charge in [0.05, 0.1) is 0 Å². The van der Waals surface area contributed by atoms with E-state index in [9.17, 15) is 9.90 Å². The van der Waals surface area contributed by atoms with Crippen molar-refractivity contribution in [1.82, 2.24) is 19.4 Å². The standard InChI is InChI=1S/C19H25BrN4O2/c1-13(2)23-9-11-24(12-10-23)16(19(25)26)15-17(20)22(3)18(21-15)14-7-5-4-6-8-14/h4-8,13,16H,9-12H2,1-3H3,(H,25,26). The van der Waals surface area contributed by atoms with Crippen molar-refractivity contribution in [2.45, 2.75) is 25.9 Å². The van der Waals surface area contributed by atoms with Gasteiger partial charge in [-0.05, 0) is 29.8 Å². The van der Waals surface area contributed by atoms with E-state index in [4.69, 9.17) is 4.98 Å². The number of imidazole rings is 1. The highest BCUT2D eigenvalue weighted by atomic mass is 79.9. The normalized spacial score (nSPS) is 17.6. The van der Waals surface area contributed by atoms with Gasteiger partial charge in [-0.3, -0.25) is 14.6 Å². The van der Waals surface area contributed by atoms with E-state index < -0.39 is 12.0 Å². The van der Waals surface area contributed by atoms with E-state index in [1.807, 2.05) is 46.8 Å². The summed E-state index contributed by atoms with van der Waals surface area (Å²) in [7, 11) is 1.90. The molecular weight excluding hydrogens is 396 g/mol. The number of piperazine rings is 1. The van der Waals surface area contributed by atoms with Crippen molar-refractivity contribution in [3.63, 3.8) is 0 Å². The summed E-state index contributed by atoms with van der Waals surface area (Å²) in [6, 6.07) is 9.56. The zero-order valence-corrected chi connectivity index (χ0v) is 17.0. The van der Waals surface area contributed by atoms with Crippen LogP contribution in [0.1, 0.15) is 25.6 Å². The predicted molar refractivity (Wildman–Crippen MR) is 105 cm³/mol. The molecule has 1 unspecified atom stereocenters. The molecule has 0 radical (unpaired) electrons. The van der Waals surface area contributed by atoms with Gasteiger partial charge in [0, 0.05) is 44.8 Å². The summed E-state index contributed by atoms with van der Waals surface area (Å²) in [4.78, 5) is 21.2. The molecule has 1 aliphatic heterocycles. The first-order valence-electron chi connectivity index (χ1n) is 8.88. The molecule has 0 saturated carbocycles. The Morgan fingerprint density at radius 2 is 1.69 bits per heavy atom. The topological polar surface area (TPSA) is 61.6 Å². The summed E-state index contributed by atoms with van der Waals surface area (Å²) < 4.78 is 2.63. The first-order valence-corrected chi connectivity index (χ1v) is 9.68. The third-order valence-electron chi connectivity index (χ3n) is 5.02. The van der Waals surface area contributed by atoms with E-state index in [0.29, 0.717) is 11.7 Å². The Labute approximate surface area is 162 Å². The zero-order chi connectivity index (χ0) is 18.8. The number of aromatic nitrogens is 2. The third-order valence-corrected chi connectivity index (χ3v) is 5.96. The Morgan fingerprint density at radius 3 is 2.23 bits per heavy atom. The van der Waals surface area contributed by atoms with Crippen molar-refractivity contribution >= 4 is 21.9 Å². The van der Waals surface area contributed by atoms with Crippen molar-refractivity contribution < 1.29 is 9.90 Å². The van der Waals surface area contributed by atoms with Crippen molar-refractivity contribution in [3.05, 3.63) is 40.6 Å². The van der Waals surface area contributed by atoms with Gasteiger partial charge in [-0.15, -0.1) is 0 Å². The van der Waals surface area contributed by atoms with Gasteiger partial charge in [-0.2, -0.15) is 0 Å². The van der Waals surface area contributed by atoms with Crippen LogP contribution in [-0.4, -0.2) is 62.6 Å². The van der Waals surface area contributed by atoms with Crippen LogP contribution < -0.4 is 0 Å². The minimum absolute atomic E-state index is 0.478. The molecule has 140 valence electrons. The van der Waals surface area contributed by atoms with Crippen molar-refractivity contribution in [3.8, 4) is 11.4 Å². The Hall–Kier alpha value is -1.70. The molecular formula is C19H25BrN4O2. The number of carboxylic acid groups (broad SMARTS) is 1. The van der Waals surface area contributed by atoms with Crippen LogP contribution in [0, 0.1) is 0 Å². The second-order valence-corrected chi connectivity index (χ2v) is 7.69. The van der Waals surface area contributed by atoms with E-state index >= 15 is 0 Å². The molecule has 0 amide bonds. The smallest absolute Gasteiger partial charge is 0.327 e. The molecule has 26 heavy (non-hydrogen) atoms. The third kappa shape index (κ3) is 3.70. The quantitative estimate of drug-likeness (QED) is 0.805. The monoisotopic (exact) mass is 420 g/mol. The molecule has 0 bridgehead atoms. The van der Waals surface area contributed by atoms with Crippen LogP contribution in [0.25, 0.3) is 11.4 Å². The number of carboxylic acids is 1. The summed E-state index contributed by atoms with van der Waals surface area (Å²) in [6.07, 6.45) is 0. The van der Waals surface area contributed by atoms with Crippen LogP contribution >= 0.6 is 15.9 Å². The fraction of sp³-hybridized carbons (Fsp3) is 0.474. The van der Waals surface area contributed by atoms with E-state index in [1.54, 1.807) is 0 Å². The van der Waals surface area contributed by atoms with Gasteiger partial charge in [-0.1, -0.05) is 30.3 Å². The maximum atomic E-state index is 12.1. The van der Waals surface area contributed by atoms with Crippen molar-refractivity contribution in [1.29, 1.82) is 0 Å². The fourth-order valence-corrected chi connectivity index (χ4v) is 3.95. The van der Waals surface area contributed by atoms with Crippen LogP contribution in [0.5, 0.6) is 0 Å². The molecule has 1 saturated heterocycles. The largest absolute Gasteiger partial charge is 0.480 e. The number of hydrogen-bond donors (Lipinski definition) is 1. The van der Waals surface area contributed by atoms with E-state index in [0.717, 1.165) is 42.2 Å². The van der Waals surface area contributed by atoms with Crippen LogP contribution in [-0.2, 0) is 11.8 Å². The Balaban J connectivity index is 1.91. The summed E-state index contributed by atoms with van der Waals surface area (Å²) in [5.74, 6) is -0.0963. The van der Waals surface area contributed by atoms with Crippen LogP contribution in [0.3, 0.4) is 0 Å². The number of benzene rings is 1. The zero-order valence-electron chi connectivity index (χ0n) is 15.4. The van der Waals surface area contributed by atoms with Gasteiger partial charge in [-0.25, -0.2) is 4.98 Å². The SMILES string of the molecule is CC(C)N1CCN(C(C(=O)O)c2nc(-c3ccccc3)n(C)c2Br)CC1. The van der Waals surface area contributed by atoms with Gasteiger partial charge < -0.3 is 9.67 Å². The molecule has 7 heteroatoms. The van der Waals surface area contributed by atoms with E-state index in [2.05, 4.69) is 34.7 Å². The molecule has 0 aliphatic carbocycles. The minimum Gasteiger partial charge on any atom is -0.480 e. The molecule has 1 aliphatic rings. The lowest BCUT2D eigenvalue weighted by atomic mass is 10.1. The molecule has 6 nitrogen and oxygen atoms in total. The molecule has 2 aromatic rings. The fourth-order valence-electron chi connectivity index (χ4n) is 3.48. The molecule has 1 fully saturated rings. The number of halogens is 1. The van der Waals surface area contributed by atoms with Crippen LogP contribution in [0.15, 0.2) is 34.9 Å². The number of carbonyl (C=O) groups is 1. The minimum atomic E-state index is -0.860. The summed E-state index contributed by atoms with van der Waals surface area (Å²) in [5, 5.41) is 9.92. The van der Waals surface area contributed by atoms with Crippen LogP contribution in [0.4, 0.5) is 0 Å². The molecule has 3 rings (SSSR count). The Bertz CT molecular complexity index is 767. The molecule has 1 atom stereocenters. The number of aliphatic carboxylic acids is 1. The number of hydrogen-bond acceptors (Lipinski definition) is 4. The lowest BCUT2D eigenvalue weighted by molar-refractivity contribution is -0.144. The van der Waals surface area contributed by atoms with Gasteiger partial charge in [0.2, 0.25) is 0 Å². The highest BCUT2D eigenvalue weighted by molar-refractivity contribution is 9.10. The average Bonchev–Trinajstić information content (AvgIpc) is 2.92. The summed E-state index contributed by atoms with van der Waals surface area (Å²) in [6.45, 7) is 7.53. The van der Waals surface area contributed by atoms with Gasteiger partial charge in [0.15, 0.2) is 6.04 Å². The maximum Gasteiger partial charge on any atom is 0.327 e. The molecule has 1 N–H and O–H groups in total. The maximum absolute atomic E-state index is 12.1. The first-order chi connectivity index (χ1) is 12.4. The Kier molecular flexibility index (Phi) is 5.79. The highest BCUT2D eigenvalue weighted by Crippen LogP contribution is 2.32. The second-order valence-electron chi connectivity index (χ2n) is 6.94. The highest BCUT2D eigenvalue weighted by Gasteiger charge is 2.35. The summed E-state index contributed by atoms with van der Waals surface area (Å²) in [5.41, 5.74) is 1.53. The number of nitrogens with zero attached hydrogens (tertiary/aromatic N) is 4. The van der Waals surface area contributed by atoms with Crippen molar-refractivity contribution in [2.75, 3.05) is 26.2 Å². The van der Waals surface area contributed by atoms with Crippen molar-refractivity contribution in [2.24, 2.45) is 7.05 Å². The average molecular weight is 421 g/mol. The summed E-state index contributed by atoms with van der Waals surface area (Å²) >= 11 is 3.57. The molecule has 1 aromatic carbocycles.